The Bertz CT molecular complexity index is 1400. The molecule has 174 valence electrons. The Morgan fingerprint density at radius 2 is 1.46 bits per heavy atom. The van der Waals surface area contributed by atoms with Gasteiger partial charge < -0.3 is 5.32 Å². The van der Waals surface area contributed by atoms with Crippen LogP contribution in [0.1, 0.15) is 17.0 Å². The molecule has 2 aromatic heterocycles. The third-order valence-corrected chi connectivity index (χ3v) is 6.25. The minimum Gasteiger partial charge on any atom is -0.368 e. The maximum absolute atomic E-state index is 11.4. The van der Waals surface area contributed by atoms with Crippen molar-refractivity contribution in [2.24, 2.45) is 0 Å². The van der Waals surface area contributed by atoms with Crippen LogP contribution in [0.4, 0.5) is 11.6 Å². The van der Waals surface area contributed by atoms with Crippen LogP contribution in [0.2, 0.25) is 0 Å². The van der Waals surface area contributed by atoms with Gasteiger partial charge in [0.05, 0.1) is 5.52 Å². The van der Waals surface area contributed by atoms with Gasteiger partial charge in [0.2, 0.25) is 0 Å². The zero-order chi connectivity index (χ0) is 24.0. The first-order valence-corrected chi connectivity index (χ1v) is 12.9. The molecule has 0 aliphatic heterocycles. The van der Waals surface area contributed by atoms with Crippen molar-refractivity contribution in [1.29, 1.82) is 0 Å². The first-order valence-electron chi connectivity index (χ1n) is 11.3. The Balaban J connectivity index is 1.49. The van der Waals surface area contributed by atoms with Gasteiger partial charge in [-0.1, -0.05) is 72.8 Å². The minimum absolute atomic E-state index is 0.163. The fraction of sp³-hybridized carbons (Fsp3) is 0.107. The normalized spacial score (nSPS) is 11.9. The molecule has 3 aromatic carbocycles. The van der Waals surface area contributed by atoms with Crippen molar-refractivity contribution < 1.29 is 4.21 Å². The lowest BCUT2D eigenvalue weighted by Gasteiger charge is -2.20. The van der Waals surface area contributed by atoms with Crippen molar-refractivity contribution >= 4 is 33.5 Å². The van der Waals surface area contributed by atoms with E-state index in [4.69, 9.17) is 9.97 Å². The summed E-state index contributed by atoms with van der Waals surface area (Å²) in [5, 5.41) is 4.57. The fourth-order valence-corrected chi connectivity index (χ4v) is 4.49. The van der Waals surface area contributed by atoms with E-state index in [1.54, 1.807) is 18.5 Å². The molecule has 0 amide bonds. The molecule has 0 radical (unpaired) electrons. The highest BCUT2D eigenvalue weighted by atomic mass is 32.2. The van der Waals surface area contributed by atoms with E-state index in [0.29, 0.717) is 18.2 Å². The molecule has 7 heteroatoms. The molecule has 0 aliphatic carbocycles. The van der Waals surface area contributed by atoms with Gasteiger partial charge in [-0.05, 0) is 35.4 Å². The van der Waals surface area contributed by atoms with Crippen LogP contribution in [0.5, 0.6) is 0 Å². The van der Waals surface area contributed by atoms with Crippen LogP contribution in [-0.2, 0) is 11.0 Å². The van der Waals surface area contributed by atoms with Gasteiger partial charge in [-0.3, -0.25) is 4.72 Å². The van der Waals surface area contributed by atoms with Crippen LogP contribution in [0.3, 0.4) is 0 Å². The van der Waals surface area contributed by atoms with Gasteiger partial charge in [0.25, 0.3) is 0 Å². The molecule has 0 bridgehead atoms. The Kier molecular flexibility index (Phi) is 6.77. The van der Waals surface area contributed by atoms with Crippen molar-refractivity contribution in [3.8, 4) is 11.4 Å². The number of benzene rings is 3. The number of fused-ring (bicyclic) bond motifs is 1. The molecular formula is C28H25N5OS. The predicted octanol–water partition coefficient (Wildman–Crippen LogP) is 5.64. The number of aromatic nitrogens is 3. The van der Waals surface area contributed by atoms with E-state index in [2.05, 4.69) is 63.6 Å². The van der Waals surface area contributed by atoms with Gasteiger partial charge >= 0.3 is 0 Å². The number of pyridine rings is 1. The first kappa shape index (κ1) is 22.7. The SMILES string of the molecule is CS(=O)Nc1ccc(-c2nc(NCC(c3ccccc3)c3ccccc3)c3ccccc3n2)cn1. The Morgan fingerprint density at radius 3 is 2.09 bits per heavy atom. The first-order chi connectivity index (χ1) is 17.2. The average Bonchev–Trinajstić information content (AvgIpc) is 2.90. The van der Waals surface area contributed by atoms with E-state index in [1.165, 1.54) is 11.1 Å². The molecule has 0 saturated heterocycles. The Morgan fingerprint density at radius 1 is 0.800 bits per heavy atom. The maximum Gasteiger partial charge on any atom is 0.163 e. The van der Waals surface area contributed by atoms with Crippen LogP contribution >= 0.6 is 0 Å². The van der Waals surface area contributed by atoms with Crippen molar-refractivity contribution in [3.63, 3.8) is 0 Å². The van der Waals surface area contributed by atoms with Crippen molar-refractivity contribution in [2.45, 2.75) is 5.92 Å². The van der Waals surface area contributed by atoms with E-state index in [0.717, 1.165) is 22.3 Å². The third kappa shape index (κ3) is 5.36. The van der Waals surface area contributed by atoms with Gasteiger partial charge in [0.1, 0.15) is 22.6 Å². The number of rotatable bonds is 8. The molecule has 0 saturated carbocycles. The largest absolute Gasteiger partial charge is 0.368 e. The van der Waals surface area contributed by atoms with Gasteiger partial charge in [-0.2, -0.15) is 0 Å². The van der Waals surface area contributed by atoms with Gasteiger partial charge in [0, 0.05) is 35.9 Å². The van der Waals surface area contributed by atoms with E-state index < -0.39 is 11.0 Å². The summed E-state index contributed by atoms with van der Waals surface area (Å²) in [5.74, 6) is 2.07. The second kappa shape index (κ2) is 10.4. The lowest BCUT2D eigenvalue weighted by Crippen LogP contribution is -2.15. The number of anilines is 2. The van der Waals surface area contributed by atoms with E-state index in [1.807, 2.05) is 42.5 Å². The van der Waals surface area contributed by atoms with Gasteiger partial charge in [-0.25, -0.2) is 19.2 Å². The van der Waals surface area contributed by atoms with Gasteiger partial charge in [0.15, 0.2) is 5.82 Å². The zero-order valence-corrected chi connectivity index (χ0v) is 20.1. The Labute approximate surface area is 207 Å². The molecule has 1 unspecified atom stereocenters. The highest BCUT2D eigenvalue weighted by Crippen LogP contribution is 2.28. The molecule has 0 aliphatic rings. The molecule has 35 heavy (non-hydrogen) atoms. The highest BCUT2D eigenvalue weighted by molar-refractivity contribution is 7.85. The molecule has 1 atom stereocenters. The van der Waals surface area contributed by atoms with Crippen molar-refractivity contribution in [1.82, 2.24) is 15.0 Å². The molecule has 2 heterocycles. The molecule has 0 fully saturated rings. The van der Waals surface area contributed by atoms with Crippen LogP contribution in [0.15, 0.2) is 103 Å². The average molecular weight is 480 g/mol. The van der Waals surface area contributed by atoms with E-state index in [9.17, 15) is 4.21 Å². The monoisotopic (exact) mass is 479 g/mol. The van der Waals surface area contributed by atoms with E-state index in [-0.39, 0.29) is 5.92 Å². The summed E-state index contributed by atoms with van der Waals surface area (Å²) < 4.78 is 14.2. The molecular weight excluding hydrogens is 454 g/mol. The van der Waals surface area contributed by atoms with E-state index >= 15 is 0 Å². The third-order valence-electron chi connectivity index (χ3n) is 5.75. The van der Waals surface area contributed by atoms with Crippen molar-refractivity contribution in [3.05, 3.63) is 114 Å². The maximum atomic E-state index is 11.4. The number of nitrogens with one attached hydrogen (secondary N) is 2. The minimum atomic E-state index is -1.18. The fourth-order valence-electron chi connectivity index (χ4n) is 4.07. The summed E-state index contributed by atoms with van der Waals surface area (Å²) >= 11 is 0. The van der Waals surface area contributed by atoms with Gasteiger partial charge in [-0.15, -0.1) is 0 Å². The number of para-hydroxylation sites is 1. The summed E-state index contributed by atoms with van der Waals surface area (Å²) in [5.41, 5.74) is 4.12. The predicted molar refractivity (Wildman–Crippen MR) is 144 cm³/mol. The number of hydrogen-bond donors (Lipinski definition) is 2. The molecule has 5 aromatic rings. The van der Waals surface area contributed by atoms with Crippen LogP contribution in [0.25, 0.3) is 22.3 Å². The number of nitrogens with zero attached hydrogens (tertiary/aromatic N) is 3. The molecule has 0 spiro atoms. The summed E-state index contributed by atoms with van der Waals surface area (Å²) in [6.07, 6.45) is 3.26. The second-order valence-corrected chi connectivity index (χ2v) is 9.27. The summed E-state index contributed by atoms with van der Waals surface area (Å²) in [7, 11) is -1.18. The molecule has 5 rings (SSSR count). The zero-order valence-electron chi connectivity index (χ0n) is 19.3. The summed E-state index contributed by atoms with van der Waals surface area (Å²) in [4.78, 5) is 14.0. The topological polar surface area (TPSA) is 79.8 Å². The lowest BCUT2D eigenvalue weighted by molar-refractivity contribution is 0.689. The van der Waals surface area contributed by atoms with Crippen molar-refractivity contribution in [2.75, 3.05) is 22.8 Å². The summed E-state index contributed by atoms with van der Waals surface area (Å²) in [6.45, 7) is 0.678. The molecule has 2 N–H and O–H groups in total. The quantitative estimate of drug-likeness (QED) is 0.301. The standard InChI is InChI=1S/C28H25N5OS/c1-35(34)33-26-17-16-22(18-29-26)27-31-25-15-9-8-14-23(25)28(32-27)30-19-24(20-10-4-2-5-11-20)21-12-6-3-7-13-21/h2-18,24H,19H2,1H3,(H,29,33)(H,30,31,32). The van der Waals surface area contributed by atoms with Crippen LogP contribution in [-0.4, -0.2) is 32.0 Å². The Hall–Kier alpha value is -4.10. The summed E-state index contributed by atoms with van der Waals surface area (Å²) in [6, 6.07) is 32.7. The van der Waals surface area contributed by atoms with Crippen LogP contribution < -0.4 is 10.0 Å². The number of hydrogen-bond acceptors (Lipinski definition) is 5. The second-order valence-electron chi connectivity index (χ2n) is 8.16. The smallest absolute Gasteiger partial charge is 0.163 e. The molecule has 6 nitrogen and oxygen atoms in total. The highest BCUT2D eigenvalue weighted by Gasteiger charge is 2.16. The lowest BCUT2D eigenvalue weighted by atomic mass is 9.91. The van der Waals surface area contributed by atoms with Crippen LogP contribution in [0, 0.1) is 0 Å².